The highest BCUT2D eigenvalue weighted by Crippen LogP contribution is 2.32. The van der Waals surface area contributed by atoms with Crippen LogP contribution < -0.4 is 5.63 Å². The Hall–Kier alpha value is -3.65. The zero-order valence-electron chi connectivity index (χ0n) is 16.6. The van der Waals surface area contributed by atoms with E-state index in [1.54, 1.807) is 30.3 Å². The zero-order chi connectivity index (χ0) is 22.0. The van der Waals surface area contributed by atoms with Crippen molar-refractivity contribution in [3.05, 3.63) is 80.5 Å². The number of amides is 2. The van der Waals surface area contributed by atoms with Crippen molar-refractivity contribution in [2.45, 2.75) is 6.92 Å². The second-order valence-corrected chi connectivity index (χ2v) is 7.93. The Morgan fingerprint density at radius 3 is 2.52 bits per heavy atom. The quantitative estimate of drug-likeness (QED) is 0.482. The van der Waals surface area contributed by atoms with Gasteiger partial charge in [-0.05, 0) is 36.4 Å². The summed E-state index contributed by atoms with van der Waals surface area (Å²) in [5.41, 5.74) is 1.59. The molecule has 0 radical (unpaired) electrons. The van der Waals surface area contributed by atoms with Gasteiger partial charge in [-0.3, -0.25) is 19.5 Å². The Morgan fingerprint density at radius 2 is 1.77 bits per heavy atom. The van der Waals surface area contributed by atoms with Crippen molar-refractivity contribution in [2.24, 2.45) is 4.99 Å². The molecule has 0 spiro atoms. The van der Waals surface area contributed by atoms with Gasteiger partial charge in [-0.2, -0.15) is 0 Å². The molecule has 3 aromatic rings. The first-order valence-electron chi connectivity index (χ1n) is 9.51. The van der Waals surface area contributed by atoms with E-state index in [0.717, 1.165) is 27.8 Å². The molecule has 7 nitrogen and oxygen atoms in total. The summed E-state index contributed by atoms with van der Waals surface area (Å²) in [4.78, 5) is 42.4. The van der Waals surface area contributed by atoms with E-state index in [0.29, 0.717) is 15.7 Å². The van der Waals surface area contributed by atoms with E-state index in [1.165, 1.54) is 6.21 Å². The number of imide groups is 1. The minimum atomic E-state index is -0.636. The number of hydrogen-bond donors (Lipinski definition) is 1. The number of hydrogen-bond acceptors (Lipinski definition) is 7. The predicted octanol–water partition coefficient (Wildman–Crippen LogP) is 3.96. The van der Waals surface area contributed by atoms with E-state index in [1.807, 2.05) is 31.2 Å². The van der Waals surface area contributed by atoms with Gasteiger partial charge in [0.2, 0.25) is 0 Å². The summed E-state index contributed by atoms with van der Waals surface area (Å²) in [5.74, 6) is -0.885. The minimum absolute atomic E-state index is 0.0991. The lowest BCUT2D eigenvalue weighted by Gasteiger charge is -2.10. The van der Waals surface area contributed by atoms with Crippen LogP contribution in [0.25, 0.3) is 16.8 Å². The normalized spacial score (nSPS) is 15.6. The first kappa shape index (κ1) is 20.6. The standard InChI is InChI=1S/C23H18N2O5S/c1-14-6-8-15(9-7-14)12-19-20(26)25(23(29)31-19)11-10-24-13-18-16-4-2-3-5-17(16)21(27)30-22(18)28/h2-9,12-13,28H,10-11H2,1H3/b19-12-,24-13?. The van der Waals surface area contributed by atoms with Crippen molar-refractivity contribution in [1.29, 1.82) is 0 Å². The molecule has 1 aliphatic rings. The Kier molecular flexibility index (Phi) is 5.73. The van der Waals surface area contributed by atoms with Crippen molar-refractivity contribution >= 4 is 46.0 Å². The molecule has 1 aromatic heterocycles. The monoisotopic (exact) mass is 434 g/mol. The lowest BCUT2D eigenvalue weighted by molar-refractivity contribution is -0.122. The summed E-state index contributed by atoms with van der Waals surface area (Å²) < 4.78 is 4.84. The molecule has 156 valence electrons. The highest BCUT2D eigenvalue weighted by atomic mass is 32.2. The molecule has 0 saturated carbocycles. The van der Waals surface area contributed by atoms with Gasteiger partial charge >= 0.3 is 5.63 Å². The van der Waals surface area contributed by atoms with Crippen LogP contribution in [0.4, 0.5) is 4.79 Å². The van der Waals surface area contributed by atoms with E-state index in [9.17, 15) is 19.5 Å². The summed E-state index contributed by atoms with van der Waals surface area (Å²) >= 11 is 0.898. The number of benzene rings is 2. The molecular formula is C23H18N2O5S. The third kappa shape index (κ3) is 4.29. The SMILES string of the molecule is Cc1ccc(/C=C2\SC(=O)N(CCN=Cc3c(O)oc(=O)c4ccccc34)C2=O)cc1. The van der Waals surface area contributed by atoms with Gasteiger partial charge in [0.15, 0.2) is 0 Å². The molecule has 8 heteroatoms. The van der Waals surface area contributed by atoms with Crippen molar-refractivity contribution in [2.75, 3.05) is 13.1 Å². The summed E-state index contributed by atoms with van der Waals surface area (Å²) in [6.07, 6.45) is 3.07. The van der Waals surface area contributed by atoms with Crippen molar-refractivity contribution < 1.29 is 19.1 Å². The maximum absolute atomic E-state index is 12.6. The molecule has 0 unspecified atom stereocenters. The van der Waals surface area contributed by atoms with Crippen LogP contribution in [0.15, 0.2) is 67.6 Å². The van der Waals surface area contributed by atoms with Gasteiger partial charge < -0.3 is 9.52 Å². The molecule has 2 amide bonds. The Bertz CT molecular complexity index is 1290. The third-order valence-electron chi connectivity index (χ3n) is 4.78. The van der Waals surface area contributed by atoms with Crippen LogP contribution in [-0.2, 0) is 4.79 Å². The predicted molar refractivity (Wildman–Crippen MR) is 120 cm³/mol. The smallest absolute Gasteiger partial charge is 0.346 e. The lowest BCUT2D eigenvalue weighted by Crippen LogP contribution is -2.30. The number of aromatic hydroxyl groups is 1. The Morgan fingerprint density at radius 1 is 1.06 bits per heavy atom. The molecule has 4 rings (SSSR count). The van der Waals surface area contributed by atoms with Crippen molar-refractivity contribution in [3.63, 3.8) is 0 Å². The maximum Gasteiger partial charge on any atom is 0.346 e. The average molecular weight is 434 g/mol. The molecule has 1 fully saturated rings. The molecule has 0 aliphatic carbocycles. The van der Waals surface area contributed by atoms with Crippen LogP contribution in [0, 0.1) is 6.92 Å². The fourth-order valence-corrected chi connectivity index (χ4v) is 4.02. The van der Waals surface area contributed by atoms with Crippen LogP contribution in [0.5, 0.6) is 5.95 Å². The van der Waals surface area contributed by atoms with Crippen LogP contribution in [0.3, 0.4) is 0 Å². The number of rotatable bonds is 5. The van der Waals surface area contributed by atoms with Gasteiger partial charge in [-0.25, -0.2) is 4.79 Å². The Labute approximate surface area is 181 Å². The number of thioether (sulfide) groups is 1. The molecule has 31 heavy (non-hydrogen) atoms. The summed E-state index contributed by atoms with van der Waals surface area (Å²) in [7, 11) is 0. The molecule has 0 bridgehead atoms. The largest absolute Gasteiger partial charge is 0.480 e. The molecule has 0 atom stereocenters. The number of carbonyl (C=O) groups is 2. The van der Waals surface area contributed by atoms with Crippen LogP contribution in [0.1, 0.15) is 16.7 Å². The topological polar surface area (TPSA) is 100 Å². The molecule has 2 heterocycles. The molecule has 1 N–H and O–H groups in total. The Balaban J connectivity index is 1.47. The average Bonchev–Trinajstić information content (AvgIpc) is 3.02. The van der Waals surface area contributed by atoms with Gasteiger partial charge in [-0.1, -0.05) is 48.0 Å². The fourth-order valence-electron chi connectivity index (χ4n) is 3.15. The van der Waals surface area contributed by atoms with Crippen LogP contribution in [-0.4, -0.2) is 40.5 Å². The van der Waals surface area contributed by atoms with E-state index in [-0.39, 0.29) is 29.8 Å². The zero-order valence-corrected chi connectivity index (χ0v) is 17.4. The summed E-state index contributed by atoms with van der Waals surface area (Å²) in [6.45, 7) is 2.22. The molecule has 1 saturated heterocycles. The van der Waals surface area contributed by atoms with Gasteiger partial charge in [-0.15, -0.1) is 0 Å². The number of fused-ring (bicyclic) bond motifs is 1. The second kappa shape index (κ2) is 8.61. The molecular weight excluding hydrogens is 416 g/mol. The molecule has 1 aliphatic heterocycles. The van der Waals surface area contributed by atoms with E-state index < -0.39 is 11.6 Å². The summed E-state index contributed by atoms with van der Waals surface area (Å²) in [6, 6.07) is 14.4. The molecule has 2 aromatic carbocycles. The van der Waals surface area contributed by atoms with Gasteiger partial charge in [0.05, 0.1) is 22.4 Å². The fraction of sp³-hybridized carbons (Fsp3) is 0.130. The maximum atomic E-state index is 12.6. The minimum Gasteiger partial charge on any atom is -0.480 e. The van der Waals surface area contributed by atoms with Gasteiger partial charge in [0.25, 0.3) is 17.1 Å². The third-order valence-corrected chi connectivity index (χ3v) is 5.69. The number of nitrogens with zero attached hydrogens (tertiary/aromatic N) is 2. The first-order chi connectivity index (χ1) is 14.9. The van der Waals surface area contributed by atoms with E-state index >= 15 is 0 Å². The lowest BCUT2D eigenvalue weighted by atomic mass is 10.1. The van der Waals surface area contributed by atoms with E-state index in [4.69, 9.17) is 4.42 Å². The number of aliphatic imine (C=N–C) groups is 1. The summed E-state index contributed by atoms with van der Waals surface area (Å²) in [5, 5.41) is 10.5. The first-order valence-corrected chi connectivity index (χ1v) is 10.3. The van der Waals surface area contributed by atoms with Crippen LogP contribution >= 0.6 is 11.8 Å². The van der Waals surface area contributed by atoms with Crippen molar-refractivity contribution in [3.8, 4) is 5.95 Å². The van der Waals surface area contributed by atoms with Crippen LogP contribution in [0.2, 0.25) is 0 Å². The van der Waals surface area contributed by atoms with Gasteiger partial charge in [0, 0.05) is 18.1 Å². The highest BCUT2D eigenvalue weighted by molar-refractivity contribution is 8.18. The number of aryl methyl sites for hydroxylation is 1. The van der Waals surface area contributed by atoms with Gasteiger partial charge in [0.1, 0.15) is 0 Å². The van der Waals surface area contributed by atoms with E-state index in [2.05, 4.69) is 4.99 Å². The second-order valence-electron chi connectivity index (χ2n) is 6.93. The van der Waals surface area contributed by atoms with Crippen molar-refractivity contribution in [1.82, 2.24) is 4.90 Å². The highest BCUT2D eigenvalue weighted by Gasteiger charge is 2.34. The number of carbonyl (C=O) groups excluding carboxylic acids is 2.